The van der Waals surface area contributed by atoms with Gasteiger partial charge in [-0.1, -0.05) is 59.6 Å². The normalized spacial score (nSPS) is 14.8. The Balaban J connectivity index is 1.24. The van der Waals surface area contributed by atoms with Gasteiger partial charge >= 0.3 is 5.97 Å². The molecule has 5 N–H and O–H groups in total. The number of methoxy groups -OCH3 is 1. The minimum Gasteiger partial charge on any atom is -0.481 e. The van der Waals surface area contributed by atoms with E-state index in [0.29, 0.717) is 62.0 Å². The molecule has 6 rings (SSSR count). The Bertz CT molecular complexity index is 2220. The van der Waals surface area contributed by atoms with Crippen molar-refractivity contribution in [3.63, 3.8) is 0 Å². The molecule has 0 saturated carbocycles. The van der Waals surface area contributed by atoms with Crippen molar-refractivity contribution in [2.45, 2.75) is 44.5 Å². The van der Waals surface area contributed by atoms with Gasteiger partial charge in [0, 0.05) is 84.9 Å². The van der Waals surface area contributed by atoms with Crippen LogP contribution in [0.15, 0.2) is 71.8 Å². The first-order valence-electron chi connectivity index (χ1n) is 16.5. The number of ether oxygens (including phenoxy) is 1. The van der Waals surface area contributed by atoms with Gasteiger partial charge in [-0.3, -0.25) is 18.8 Å². The number of carbonyl (C=O) groups is 2. The van der Waals surface area contributed by atoms with E-state index in [1.165, 1.54) is 23.8 Å². The van der Waals surface area contributed by atoms with Crippen LogP contribution < -0.4 is 26.2 Å². The number of amides is 1. The number of aromatic nitrogens is 3. The molecule has 12 nitrogen and oxygen atoms in total. The zero-order valence-corrected chi connectivity index (χ0v) is 29.5. The number of benzene rings is 2. The molecule has 1 amide bonds. The van der Waals surface area contributed by atoms with E-state index in [9.17, 15) is 19.5 Å². The minimum atomic E-state index is -1.12. The standard InChI is InChI=1S/C37H35Cl2FN6O6/c1-52-36-28(19-42-17-22-8-9-32(48)44-22)29(40)14-30(45-36)27-7-3-6-26(35(27)39)25-5-2-4-24(34(25)38)20-10-11-46-31(12-20)43-16-21(37(46)51)15-41-18-23(47)13-33(49)50/h2-7,10-12,14,16,22-23,41-42,47H,8-9,13,15,17-19H2,1H3,(H,44,48)(H,49,50)/t22-,23+/m1/s1. The Morgan fingerprint density at radius 2 is 1.77 bits per heavy atom. The molecule has 0 spiro atoms. The first-order valence-corrected chi connectivity index (χ1v) is 17.2. The molecule has 0 radical (unpaired) electrons. The maximum absolute atomic E-state index is 15.5. The first-order chi connectivity index (χ1) is 25.0. The lowest BCUT2D eigenvalue weighted by molar-refractivity contribution is -0.139. The summed E-state index contributed by atoms with van der Waals surface area (Å²) >= 11 is 14.0. The van der Waals surface area contributed by atoms with E-state index in [-0.39, 0.29) is 54.3 Å². The Hall–Kier alpha value is -4.92. The van der Waals surface area contributed by atoms with Crippen LogP contribution in [-0.4, -0.2) is 68.8 Å². The molecular weight excluding hydrogens is 714 g/mol. The van der Waals surface area contributed by atoms with Crippen LogP contribution in [0, 0.1) is 5.82 Å². The average Bonchev–Trinajstić information content (AvgIpc) is 3.54. The van der Waals surface area contributed by atoms with E-state index in [4.69, 9.17) is 33.0 Å². The predicted octanol–water partition coefficient (Wildman–Crippen LogP) is 4.84. The number of carboxylic acids is 1. The topological polar surface area (TPSA) is 167 Å². The number of pyridine rings is 2. The number of fused-ring (bicyclic) bond motifs is 1. The largest absolute Gasteiger partial charge is 0.481 e. The highest BCUT2D eigenvalue weighted by Crippen LogP contribution is 2.42. The third kappa shape index (κ3) is 8.09. The lowest BCUT2D eigenvalue weighted by atomic mass is 9.97. The molecule has 52 heavy (non-hydrogen) atoms. The smallest absolute Gasteiger partial charge is 0.306 e. The van der Waals surface area contributed by atoms with Gasteiger partial charge in [0.1, 0.15) is 11.5 Å². The van der Waals surface area contributed by atoms with Crippen molar-refractivity contribution >= 4 is 40.7 Å². The van der Waals surface area contributed by atoms with E-state index in [1.54, 1.807) is 30.5 Å². The van der Waals surface area contributed by atoms with E-state index in [2.05, 4.69) is 25.9 Å². The van der Waals surface area contributed by atoms with Crippen LogP contribution in [0.5, 0.6) is 5.88 Å². The minimum absolute atomic E-state index is 0.00479. The fraction of sp³-hybridized carbons (Fsp3) is 0.270. The molecule has 2 atom stereocenters. The number of carbonyl (C=O) groups excluding carboxylic acids is 1. The third-order valence-electron chi connectivity index (χ3n) is 8.76. The van der Waals surface area contributed by atoms with Crippen molar-refractivity contribution in [2.75, 3.05) is 20.2 Å². The fourth-order valence-electron chi connectivity index (χ4n) is 6.14. The first kappa shape index (κ1) is 36.9. The maximum Gasteiger partial charge on any atom is 0.306 e. The van der Waals surface area contributed by atoms with E-state index >= 15 is 4.39 Å². The number of halogens is 3. The van der Waals surface area contributed by atoms with Gasteiger partial charge in [0.2, 0.25) is 11.8 Å². The van der Waals surface area contributed by atoms with Gasteiger partial charge in [-0.2, -0.15) is 0 Å². The number of nitrogens with zero attached hydrogens (tertiary/aromatic N) is 3. The number of nitrogens with one attached hydrogen (secondary N) is 3. The number of rotatable bonds is 14. The molecule has 1 aliphatic heterocycles. The zero-order chi connectivity index (χ0) is 36.9. The Kier molecular flexibility index (Phi) is 11.5. The molecule has 0 unspecified atom stereocenters. The molecule has 3 aromatic heterocycles. The second-order valence-corrected chi connectivity index (χ2v) is 13.1. The fourth-order valence-corrected chi connectivity index (χ4v) is 6.80. The number of hydrogen-bond donors (Lipinski definition) is 5. The lowest BCUT2D eigenvalue weighted by Gasteiger charge is -2.16. The molecule has 1 saturated heterocycles. The summed E-state index contributed by atoms with van der Waals surface area (Å²) in [5.74, 6) is -1.51. The van der Waals surface area contributed by atoms with E-state index in [1.807, 2.05) is 24.3 Å². The summed E-state index contributed by atoms with van der Waals surface area (Å²) in [4.78, 5) is 44.4. The monoisotopic (exact) mass is 748 g/mol. The quantitative estimate of drug-likeness (QED) is 0.106. The second-order valence-electron chi connectivity index (χ2n) is 12.4. The van der Waals surface area contributed by atoms with E-state index in [0.717, 1.165) is 6.42 Å². The van der Waals surface area contributed by atoms with Crippen LogP contribution >= 0.6 is 23.2 Å². The molecule has 1 aliphatic rings. The molecule has 4 heterocycles. The molecule has 0 aliphatic carbocycles. The lowest BCUT2D eigenvalue weighted by Crippen LogP contribution is -2.35. The van der Waals surface area contributed by atoms with Crippen LogP contribution in [0.25, 0.3) is 39.2 Å². The summed E-state index contributed by atoms with van der Waals surface area (Å²) in [5.41, 5.74) is 3.99. The summed E-state index contributed by atoms with van der Waals surface area (Å²) in [7, 11) is 1.42. The van der Waals surface area contributed by atoms with Crippen molar-refractivity contribution in [2.24, 2.45) is 0 Å². The molecule has 0 bridgehead atoms. The van der Waals surface area contributed by atoms with Gasteiger partial charge in [0.05, 0.1) is 40.9 Å². The molecular formula is C37H35Cl2FN6O6. The highest BCUT2D eigenvalue weighted by Gasteiger charge is 2.22. The molecule has 15 heteroatoms. The summed E-state index contributed by atoms with van der Waals surface area (Å²) in [6, 6.07) is 15.6. The summed E-state index contributed by atoms with van der Waals surface area (Å²) in [6.45, 7) is 0.746. The predicted molar refractivity (Wildman–Crippen MR) is 195 cm³/mol. The maximum atomic E-state index is 15.5. The van der Waals surface area contributed by atoms with Crippen molar-refractivity contribution in [1.82, 2.24) is 30.3 Å². The second kappa shape index (κ2) is 16.2. The summed E-state index contributed by atoms with van der Waals surface area (Å²) in [6.07, 6.45) is 2.74. The highest BCUT2D eigenvalue weighted by atomic mass is 35.5. The Labute approximate surface area is 307 Å². The van der Waals surface area contributed by atoms with Crippen LogP contribution in [0.1, 0.15) is 30.4 Å². The van der Waals surface area contributed by atoms with Gasteiger partial charge in [-0.25, -0.2) is 14.4 Å². The van der Waals surface area contributed by atoms with Crippen molar-refractivity contribution < 1.29 is 28.9 Å². The number of aliphatic carboxylic acids is 1. The van der Waals surface area contributed by atoms with Crippen LogP contribution in [0.4, 0.5) is 4.39 Å². The van der Waals surface area contributed by atoms with Crippen molar-refractivity contribution in [3.05, 3.63) is 104 Å². The third-order valence-corrected chi connectivity index (χ3v) is 9.58. The molecule has 1 fully saturated rings. The number of hydrogen-bond acceptors (Lipinski definition) is 9. The summed E-state index contributed by atoms with van der Waals surface area (Å²) in [5, 5.41) is 28.2. The zero-order valence-electron chi connectivity index (χ0n) is 28.0. The van der Waals surface area contributed by atoms with Gasteiger partial charge in [-0.05, 0) is 24.1 Å². The van der Waals surface area contributed by atoms with E-state index < -0.39 is 24.3 Å². The van der Waals surface area contributed by atoms with Gasteiger partial charge in [0.15, 0.2) is 0 Å². The Morgan fingerprint density at radius 3 is 2.46 bits per heavy atom. The molecule has 5 aromatic rings. The highest BCUT2D eigenvalue weighted by molar-refractivity contribution is 6.39. The number of aliphatic hydroxyl groups is 1. The number of carboxylic acid groups (broad SMARTS) is 1. The molecule has 2 aromatic carbocycles. The van der Waals surface area contributed by atoms with Crippen molar-refractivity contribution in [3.8, 4) is 39.4 Å². The van der Waals surface area contributed by atoms with Crippen LogP contribution in [0.2, 0.25) is 10.0 Å². The SMILES string of the molecule is COc1nc(-c2cccc(-c3cccc(-c4ccn5c(=O)c(CNC[C@@H](O)CC(=O)O)cnc5c4)c3Cl)c2Cl)cc(F)c1CNC[C@H]1CCC(=O)N1. The Morgan fingerprint density at radius 1 is 1.06 bits per heavy atom. The van der Waals surface area contributed by atoms with Gasteiger partial charge in [-0.15, -0.1) is 0 Å². The van der Waals surface area contributed by atoms with Crippen LogP contribution in [0.3, 0.4) is 0 Å². The summed E-state index contributed by atoms with van der Waals surface area (Å²) < 4.78 is 22.4. The van der Waals surface area contributed by atoms with Gasteiger partial charge in [0.25, 0.3) is 5.56 Å². The van der Waals surface area contributed by atoms with Gasteiger partial charge < -0.3 is 30.9 Å². The number of aliphatic hydroxyl groups excluding tert-OH is 1. The average molecular weight is 750 g/mol. The van der Waals surface area contributed by atoms with Crippen LogP contribution in [-0.2, 0) is 22.7 Å². The molecule has 270 valence electrons. The van der Waals surface area contributed by atoms with Crippen molar-refractivity contribution in [1.29, 1.82) is 0 Å².